The van der Waals surface area contributed by atoms with Gasteiger partial charge in [0.2, 0.25) is 0 Å². The Morgan fingerprint density at radius 2 is 1.20 bits per heavy atom. The van der Waals surface area contributed by atoms with Crippen LogP contribution in [0, 0.1) is 5.92 Å². The molecule has 2 saturated heterocycles. The molecule has 46 heavy (non-hydrogen) atoms. The van der Waals surface area contributed by atoms with Crippen LogP contribution in [0.4, 0.5) is 18.9 Å². The van der Waals surface area contributed by atoms with Gasteiger partial charge in [-0.25, -0.2) is 0 Å². The Morgan fingerprint density at radius 3 is 1.72 bits per heavy atom. The number of halogens is 3. The summed E-state index contributed by atoms with van der Waals surface area (Å²) < 4.78 is 61.1. The number of hydrogen-bond donors (Lipinski definition) is 0. The zero-order chi connectivity index (χ0) is 31.8. The summed E-state index contributed by atoms with van der Waals surface area (Å²) in [5, 5.41) is 0. The lowest BCUT2D eigenvalue weighted by Crippen LogP contribution is -2.58. The van der Waals surface area contributed by atoms with E-state index < -0.39 is 11.7 Å². The maximum Gasteiger partial charge on any atom is 0.418 e. The molecule has 9 heteroatoms. The number of ether oxygens (including phenoxy) is 3. The first-order valence-electron chi connectivity index (χ1n) is 15.9. The molecule has 3 aromatic carbocycles. The van der Waals surface area contributed by atoms with Gasteiger partial charge in [-0.05, 0) is 35.1 Å². The Kier molecular flexibility index (Phi) is 10.7. The quantitative estimate of drug-likeness (QED) is 0.168. The second-order valence-corrected chi connectivity index (χ2v) is 12.1. The van der Waals surface area contributed by atoms with Crippen LogP contribution in [0.1, 0.15) is 28.7 Å². The summed E-state index contributed by atoms with van der Waals surface area (Å²) in [5.41, 5.74) is 2.74. The normalized spacial score (nSPS) is 21.1. The van der Waals surface area contributed by atoms with Gasteiger partial charge >= 0.3 is 6.18 Å². The number of alkyl halides is 3. The monoisotopic (exact) mass is 631 g/mol. The maximum atomic E-state index is 13.8. The molecule has 6 rings (SSSR count). The number of benzene rings is 3. The first-order valence-corrected chi connectivity index (χ1v) is 15.9. The summed E-state index contributed by atoms with van der Waals surface area (Å²) in [6, 6.07) is 31.3. The predicted octanol–water partition coefficient (Wildman–Crippen LogP) is 7.00. The lowest BCUT2D eigenvalue weighted by atomic mass is 9.98. The summed E-state index contributed by atoms with van der Waals surface area (Å²) in [5.74, 6) is 0.188. The van der Waals surface area contributed by atoms with E-state index in [0.29, 0.717) is 46.0 Å². The molecule has 0 radical (unpaired) electrons. The molecule has 0 bridgehead atoms. The molecule has 3 atom stereocenters. The van der Waals surface area contributed by atoms with Crippen molar-refractivity contribution in [3.8, 4) is 0 Å². The van der Waals surface area contributed by atoms with Gasteiger partial charge in [0, 0.05) is 38.9 Å². The Balaban J connectivity index is 1.19. The van der Waals surface area contributed by atoms with Crippen LogP contribution in [0.25, 0.3) is 0 Å². The third-order valence-corrected chi connectivity index (χ3v) is 8.76. The number of pyridine rings is 1. The Hall–Kier alpha value is -3.76. The van der Waals surface area contributed by atoms with Crippen molar-refractivity contribution in [2.24, 2.45) is 5.92 Å². The summed E-state index contributed by atoms with van der Waals surface area (Å²) >= 11 is 0. The number of aromatic nitrogens is 1. The fourth-order valence-electron chi connectivity index (χ4n) is 6.45. The molecule has 3 heterocycles. The number of hydrogen-bond acceptors (Lipinski definition) is 6. The van der Waals surface area contributed by atoms with Gasteiger partial charge in [0.15, 0.2) is 0 Å². The van der Waals surface area contributed by atoms with E-state index in [1.165, 1.54) is 12.4 Å². The number of likely N-dealkylation sites (tertiary alicyclic amines) is 1. The van der Waals surface area contributed by atoms with Crippen molar-refractivity contribution in [3.63, 3.8) is 0 Å². The van der Waals surface area contributed by atoms with Gasteiger partial charge in [0.1, 0.15) is 6.10 Å². The number of rotatable bonds is 12. The van der Waals surface area contributed by atoms with Crippen molar-refractivity contribution >= 4 is 5.69 Å². The fraction of sp³-hybridized carbons (Fsp3) is 0.378. The second kappa shape index (κ2) is 15.2. The van der Waals surface area contributed by atoms with Gasteiger partial charge in [0.05, 0.1) is 49.5 Å². The standard InChI is InChI=1S/C37H40F3N3O3/c38-37(39,40)32-16-18-41-20-33(32)43-19-17-31(22-43)21-42-23-34(44-25-28-10-4-1-5-11-28)36(46-27-30-14-8-3-9-15-30)35(24-42)45-26-29-12-6-2-7-13-29/h1-16,18,20,31,34-36H,17,19,21-27H2/t31-,34-,35-/m0/s1. The van der Waals surface area contributed by atoms with E-state index in [-0.39, 0.29) is 29.9 Å². The lowest BCUT2D eigenvalue weighted by Gasteiger charge is -2.44. The van der Waals surface area contributed by atoms with Crippen molar-refractivity contribution in [2.75, 3.05) is 37.6 Å². The summed E-state index contributed by atoms with van der Waals surface area (Å²) in [7, 11) is 0. The minimum Gasteiger partial charge on any atom is -0.369 e. The molecule has 2 aliphatic heterocycles. The van der Waals surface area contributed by atoms with Crippen LogP contribution >= 0.6 is 0 Å². The van der Waals surface area contributed by atoms with Crippen molar-refractivity contribution in [3.05, 3.63) is 132 Å². The first-order chi connectivity index (χ1) is 22.4. The van der Waals surface area contributed by atoms with E-state index in [1.54, 1.807) is 0 Å². The van der Waals surface area contributed by atoms with Crippen LogP contribution in [-0.2, 0) is 40.2 Å². The first kappa shape index (κ1) is 32.2. The van der Waals surface area contributed by atoms with Crippen LogP contribution < -0.4 is 4.90 Å². The molecule has 0 unspecified atom stereocenters. The van der Waals surface area contributed by atoms with Gasteiger partial charge in [-0.15, -0.1) is 0 Å². The molecule has 0 saturated carbocycles. The minimum absolute atomic E-state index is 0.152. The number of anilines is 1. The smallest absolute Gasteiger partial charge is 0.369 e. The molecule has 0 spiro atoms. The highest BCUT2D eigenvalue weighted by atomic mass is 19.4. The summed E-state index contributed by atoms with van der Waals surface area (Å²) in [6.07, 6.45) is -1.95. The van der Waals surface area contributed by atoms with Gasteiger partial charge in [0.25, 0.3) is 0 Å². The van der Waals surface area contributed by atoms with Gasteiger partial charge in [-0.3, -0.25) is 9.88 Å². The van der Waals surface area contributed by atoms with Crippen LogP contribution in [0.3, 0.4) is 0 Å². The topological polar surface area (TPSA) is 47.1 Å². The molecule has 0 N–H and O–H groups in total. The van der Waals surface area contributed by atoms with E-state index >= 15 is 0 Å². The highest BCUT2D eigenvalue weighted by Crippen LogP contribution is 2.38. The van der Waals surface area contributed by atoms with E-state index in [9.17, 15) is 13.2 Å². The molecule has 2 fully saturated rings. The SMILES string of the molecule is FC(F)(F)c1ccncc1N1CC[C@@H](CN2C[C@H](OCc3ccccc3)C(OCc3ccccc3)[C@@H](OCc3ccccc3)C2)C1. The van der Waals surface area contributed by atoms with Crippen LogP contribution in [0.2, 0.25) is 0 Å². The molecule has 2 aliphatic rings. The third-order valence-electron chi connectivity index (χ3n) is 8.76. The van der Waals surface area contributed by atoms with Crippen molar-refractivity contribution in [1.82, 2.24) is 9.88 Å². The molecular weight excluding hydrogens is 591 g/mol. The molecule has 1 aromatic heterocycles. The molecule has 4 aromatic rings. The van der Waals surface area contributed by atoms with Crippen molar-refractivity contribution < 1.29 is 27.4 Å². The summed E-state index contributed by atoms with van der Waals surface area (Å²) in [4.78, 5) is 8.17. The Bertz CT molecular complexity index is 1440. The molecular formula is C37H40F3N3O3. The van der Waals surface area contributed by atoms with E-state index in [4.69, 9.17) is 14.2 Å². The van der Waals surface area contributed by atoms with Gasteiger partial charge < -0.3 is 19.1 Å². The van der Waals surface area contributed by atoms with Crippen LogP contribution in [0.15, 0.2) is 109 Å². The average Bonchev–Trinajstić information content (AvgIpc) is 3.55. The zero-order valence-corrected chi connectivity index (χ0v) is 25.8. The Labute approximate surface area is 268 Å². The predicted molar refractivity (Wildman–Crippen MR) is 171 cm³/mol. The Morgan fingerprint density at radius 1 is 0.674 bits per heavy atom. The number of piperidine rings is 1. The highest BCUT2D eigenvalue weighted by molar-refractivity contribution is 5.54. The third kappa shape index (κ3) is 8.53. The summed E-state index contributed by atoms with van der Waals surface area (Å²) in [6.45, 7) is 4.39. The number of nitrogens with zero attached hydrogens (tertiary/aromatic N) is 3. The van der Waals surface area contributed by atoms with Crippen molar-refractivity contribution in [1.29, 1.82) is 0 Å². The minimum atomic E-state index is -4.43. The highest BCUT2D eigenvalue weighted by Gasteiger charge is 2.41. The van der Waals surface area contributed by atoms with Crippen LogP contribution in [0.5, 0.6) is 0 Å². The van der Waals surface area contributed by atoms with Crippen molar-refractivity contribution in [2.45, 2.75) is 50.7 Å². The molecule has 0 aliphatic carbocycles. The van der Waals surface area contributed by atoms with E-state index in [0.717, 1.165) is 35.7 Å². The average molecular weight is 632 g/mol. The largest absolute Gasteiger partial charge is 0.418 e. The second-order valence-electron chi connectivity index (χ2n) is 12.1. The molecule has 6 nitrogen and oxygen atoms in total. The lowest BCUT2D eigenvalue weighted by molar-refractivity contribution is -0.185. The van der Waals surface area contributed by atoms with Gasteiger partial charge in [-0.1, -0.05) is 91.0 Å². The zero-order valence-electron chi connectivity index (χ0n) is 25.8. The van der Waals surface area contributed by atoms with E-state index in [2.05, 4.69) is 9.88 Å². The van der Waals surface area contributed by atoms with Gasteiger partial charge in [-0.2, -0.15) is 13.2 Å². The maximum absolute atomic E-state index is 13.8. The molecule has 0 amide bonds. The molecule has 242 valence electrons. The van der Waals surface area contributed by atoms with E-state index in [1.807, 2.05) is 95.9 Å². The fourth-order valence-corrected chi connectivity index (χ4v) is 6.45. The van der Waals surface area contributed by atoms with Crippen LogP contribution in [-0.4, -0.2) is 60.9 Å².